The van der Waals surface area contributed by atoms with Crippen LogP contribution in [0.25, 0.3) is 0 Å². The van der Waals surface area contributed by atoms with Crippen LogP contribution in [0.5, 0.6) is 0 Å². The lowest BCUT2D eigenvalue weighted by molar-refractivity contribution is -0.141. The summed E-state index contributed by atoms with van der Waals surface area (Å²) >= 11 is 0. The van der Waals surface area contributed by atoms with E-state index in [1.54, 1.807) is 4.72 Å². The number of hydrogen-bond acceptors (Lipinski definition) is 4. The van der Waals surface area contributed by atoms with Crippen molar-refractivity contribution in [3.63, 3.8) is 0 Å². The number of hydrogen-bond donors (Lipinski definition) is 3. The molecule has 0 amide bonds. The first kappa shape index (κ1) is 14.6. The van der Waals surface area contributed by atoms with E-state index in [4.69, 9.17) is 10.2 Å². The highest BCUT2D eigenvalue weighted by Crippen LogP contribution is 2.14. The van der Waals surface area contributed by atoms with E-state index in [2.05, 4.69) is 0 Å². The van der Waals surface area contributed by atoms with Gasteiger partial charge in [0, 0.05) is 0 Å². The summed E-state index contributed by atoms with van der Waals surface area (Å²) in [4.78, 5) is 10.1. The standard InChI is InChI=1S/C10H12FNO5S/c1-6(13)9(10(14)15)12-18(16,17)8-5-3-2-4-7(8)11/h2-6,9,12-13H,1H3,(H,14,15)/t6-,9+/m1/s1. The summed E-state index contributed by atoms with van der Waals surface area (Å²) < 4.78 is 38.5. The van der Waals surface area contributed by atoms with E-state index in [-0.39, 0.29) is 0 Å². The molecule has 0 bridgehead atoms. The topological polar surface area (TPSA) is 104 Å². The zero-order valence-electron chi connectivity index (χ0n) is 9.37. The molecular formula is C10H12FNO5S. The smallest absolute Gasteiger partial charge is 0.324 e. The zero-order chi connectivity index (χ0) is 13.9. The van der Waals surface area contributed by atoms with Crippen molar-refractivity contribution >= 4 is 16.0 Å². The molecule has 0 fully saturated rings. The molecule has 100 valence electrons. The monoisotopic (exact) mass is 277 g/mol. The number of halogens is 1. The molecule has 0 aliphatic heterocycles. The van der Waals surface area contributed by atoms with Crippen molar-refractivity contribution in [2.45, 2.75) is 24.0 Å². The molecule has 0 radical (unpaired) electrons. The summed E-state index contributed by atoms with van der Waals surface area (Å²) in [5.41, 5.74) is 0. The lowest BCUT2D eigenvalue weighted by atomic mass is 10.2. The van der Waals surface area contributed by atoms with E-state index < -0.39 is 38.9 Å². The average Bonchev–Trinajstić information content (AvgIpc) is 2.25. The summed E-state index contributed by atoms with van der Waals surface area (Å²) in [6.45, 7) is 1.11. The molecule has 0 saturated carbocycles. The van der Waals surface area contributed by atoms with Gasteiger partial charge in [0.15, 0.2) is 0 Å². The number of carbonyl (C=O) groups is 1. The summed E-state index contributed by atoms with van der Waals surface area (Å²) in [6, 6.07) is 2.80. The Kier molecular flexibility index (Phi) is 4.38. The van der Waals surface area contributed by atoms with Gasteiger partial charge in [0.2, 0.25) is 10.0 Å². The lowest BCUT2D eigenvalue weighted by Crippen LogP contribution is -2.47. The highest BCUT2D eigenvalue weighted by atomic mass is 32.2. The Labute approximate surface area is 103 Å². The van der Waals surface area contributed by atoms with E-state index in [0.29, 0.717) is 0 Å². The first-order valence-corrected chi connectivity index (χ1v) is 6.42. The first-order valence-electron chi connectivity index (χ1n) is 4.93. The molecule has 0 heterocycles. The van der Waals surface area contributed by atoms with Crippen molar-refractivity contribution < 1.29 is 27.8 Å². The molecule has 3 N–H and O–H groups in total. The molecule has 1 rings (SSSR count). The van der Waals surface area contributed by atoms with E-state index in [1.807, 2.05) is 0 Å². The van der Waals surface area contributed by atoms with Crippen molar-refractivity contribution in [3.05, 3.63) is 30.1 Å². The Morgan fingerprint density at radius 3 is 2.39 bits per heavy atom. The molecule has 8 heteroatoms. The van der Waals surface area contributed by atoms with Gasteiger partial charge in [-0.15, -0.1) is 0 Å². The number of benzene rings is 1. The zero-order valence-corrected chi connectivity index (χ0v) is 10.2. The number of carboxylic acids is 1. The van der Waals surface area contributed by atoms with E-state index in [0.717, 1.165) is 19.1 Å². The summed E-state index contributed by atoms with van der Waals surface area (Å²) in [5, 5.41) is 17.9. The molecule has 0 aromatic heterocycles. The van der Waals surface area contributed by atoms with Crippen molar-refractivity contribution in [1.82, 2.24) is 4.72 Å². The van der Waals surface area contributed by atoms with Crippen LogP contribution in [-0.2, 0) is 14.8 Å². The number of nitrogens with one attached hydrogen (secondary N) is 1. The first-order chi connectivity index (χ1) is 8.25. The largest absolute Gasteiger partial charge is 0.480 e. The average molecular weight is 277 g/mol. The van der Waals surface area contributed by atoms with Crippen LogP contribution in [-0.4, -0.2) is 36.7 Å². The van der Waals surface area contributed by atoms with Gasteiger partial charge in [0.1, 0.15) is 16.8 Å². The van der Waals surface area contributed by atoms with Gasteiger partial charge >= 0.3 is 5.97 Å². The molecule has 0 unspecified atom stereocenters. The molecule has 1 aromatic rings. The maximum atomic E-state index is 13.3. The number of rotatable bonds is 5. The van der Waals surface area contributed by atoms with Crippen molar-refractivity contribution in [2.24, 2.45) is 0 Å². The van der Waals surface area contributed by atoms with E-state index in [1.165, 1.54) is 12.1 Å². The second-order valence-corrected chi connectivity index (χ2v) is 5.29. The molecule has 1 aromatic carbocycles. The van der Waals surface area contributed by atoms with Gasteiger partial charge in [0.05, 0.1) is 6.10 Å². The normalized spacial score (nSPS) is 15.1. The van der Waals surface area contributed by atoms with Gasteiger partial charge in [-0.1, -0.05) is 12.1 Å². The van der Waals surface area contributed by atoms with Crippen molar-refractivity contribution in [1.29, 1.82) is 0 Å². The Balaban J connectivity index is 3.09. The van der Waals surface area contributed by atoms with Crippen LogP contribution in [0.2, 0.25) is 0 Å². The second kappa shape index (κ2) is 5.42. The second-order valence-electron chi connectivity index (χ2n) is 3.61. The van der Waals surface area contributed by atoms with Crippen LogP contribution in [0.4, 0.5) is 4.39 Å². The summed E-state index contributed by atoms with van der Waals surface area (Å²) in [6.07, 6.45) is -1.45. The van der Waals surface area contributed by atoms with Gasteiger partial charge in [-0.3, -0.25) is 4.79 Å². The van der Waals surface area contributed by atoms with Crippen molar-refractivity contribution in [2.75, 3.05) is 0 Å². The molecule has 2 atom stereocenters. The maximum absolute atomic E-state index is 13.3. The minimum atomic E-state index is -4.35. The Morgan fingerprint density at radius 1 is 1.39 bits per heavy atom. The van der Waals surface area contributed by atoms with Gasteiger partial charge < -0.3 is 10.2 Å². The number of sulfonamides is 1. The minimum absolute atomic E-state index is 0.670. The van der Waals surface area contributed by atoms with Crippen LogP contribution in [0, 0.1) is 5.82 Å². The third kappa shape index (κ3) is 3.25. The molecule has 6 nitrogen and oxygen atoms in total. The van der Waals surface area contributed by atoms with Crippen LogP contribution in [0.1, 0.15) is 6.92 Å². The van der Waals surface area contributed by atoms with Crippen LogP contribution < -0.4 is 4.72 Å². The van der Waals surface area contributed by atoms with E-state index >= 15 is 0 Å². The Bertz CT molecular complexity index is 543. The number of carboxylic acid groups (broad SMARTS) is 1. The third-order valence-corrected chi connectivity index (χ3v) is 3.63. The highest BCUT2D eigenvalue weighted by Gasteiger charge is 2.30. The summed E-state index contributed by atoms with van der Waals surface area (Å²) in [7, 11) is -4.35. The van der Waals surface area contributed by atoms with Crippen LogP contribution in [0.15, 0.2) is 29.2 Å². The highest BCUT2D eigenvalue weighted by molar-refractivity contribution is 7.89. The quantitative estimate of drug-likeness (QED) is 0.699. The van der Waals surface area contributed by atoms with Crippen LogP contribution >= 0.6 is 0 Å². The number of aliphatic hydroxyl groups is 1. The Hall–Kier alpha value is -1.51. The third-order valence-electron chi connectivity index (χ3n) is 2.16. The maximum Gasteiger partial charge on any atom is 0.324 e. The fraction of sp³-hybridized carbons (Fsp3) is 0.300. The fourth-order valence-corrected chi connectivity index (χ4v) is 2.59. The van der Waals surface area contributed by atoms with Gasteiger partial charge in [-0.2, -0.15) is 4.72 Å². The SMILES string of the molecule is C[C@@H](O)[C@H](NS(=O)(=O)c1ccccc1F)C(=O)O. The van der Waals surface area contributed by atoms with Crippen molar-refractivity contribution in [3.8, 4) is 0 Å². The van der Waals surface area contributed by atoms with E-state index in [9.17, 15) is 17.6 Å². The number of aliphatic carboxylic acids is 1. The molecular weight excluding hydrogens is 265 g/mol. The predicted octanol–water partition coefficient (Wildman–Crippen LogP) is -0.0620. The molecule has 0 aliphatic rings. The number of aliphatic hydroxyl groups excluding tert-OH is 1. The molecule has 0 aliphatic carbocycles. The molecule has 18 heavy (non-hydrogen) atoms. The predicted molar refractivity (Wildman–Crippen MR) is 59.8 cm³/mol. The van der Waals surface area contributed by atoms with Gasteiger partial charge in [-0.25, -0.2) is 12.8 Å². The van der Waals surface area contributed by atoms with Gasteiger partial charge in [0.25, 0.3) is 0 Å². The molecule has 0 saturated heterocycles. The van der Waals surface area contributed by atoms with Crippen LogP contribution in [0.3, 0.4) is 0 Å². The fourth-order valence-electron chi connectivity index (χ4n) is 1.25. The minimum Gasteiger partial charge on any atom is -0.480 e. The van der Waals surface area contributed by atoms with Gasteiger partial charge in [-0.05, 0) is 19.1 Å². The lowest BCUT2D eigenvalue weighted by Gasteiger charge is -2.17. The summed E-state index contributed by atoms with van der Waals surface area (Å²) in [5.74, 6) is -2.55. The Morgan fingerprint density at radius 2 is 1.94 bits per heavy atom. The molecule has 0 spiro atoms.